The van der Waals surface area contributed by atoms with E-state index in [9.17, 15) is 22.8 Å². The second-order valence-electron chi connectivity index (χ2n) is 7.31. The highest BCUT2D eigenvalue weighted by molar-refractivity contribution is 6.01. The number of amides is 2. The van der Waals surface area contributed by atoms with Gasteiger partial charge in [-0.1, -0.05) is 48.5 Å². The Kier molecular flexibility index (Phi) is 5.87. The number of carbonyl (C=O) groups is 2. The minimum Gasteiger partial charge on any atom is -0.457 e. The highest BCUT2D eigenvalue weighted by Crippen LogP contribution is 2.43. The van der Waals surface area contributed by atoms with Crippen molar-refractivity contribution in [1.82, 2.24) is 5.43 Å². The van der Waals surface area contributed by atoms with E-state index >= 15 is 0 Å². The fourth-order valence-corrected chi connectivity index (χ4v) is 3.46. The number of para-hydroxylation sites is 2. The number of alkyl halides is 3. The van der Waals surface area contributed by atoms with E-state index in [1.807, 2.05) is 36.4 Å². The van der Waals surface area contributed by atoms with Crippen LogP contribution in [0.25, 0.3) is 0 Å². The van der Waals surface area contributed by atoms with Gasteiger partial charge in [-0.05, 0) is 36.8 Å². The standard InChI is InChI=1S/C24H18F3N3O3/c1-14(15-10-12-16(13-11-15)28-23(32)24(25,26)27)29-30-22(31)21-17-6-2-4-8-19(17)33-20-9-5-3-7-18(20)21/h2-13,21H,1H3,(H,28,32)(H,30,31). The first kappa shape index (κ1) is 22.1. The molecule has 0 radical (unpaired) electrons. The molecule has 3 aromatic rings. The van der Waals surface area contributed by atoms with E-state index in [4.69, 9.17) is 4.74 Å². The number of hydrazone groups is 1. The van der Waals surface area contributed by atoms with Crippen LogP contribution in [-0.2, 0) is 9.59 Å². The van der Waals surface area contributed by atoms with Gasteiger partial charge in [-0.2, -0.15) is 18.3 Å². The van der Waals surface area contributed by atoms with Crippen LogP contribution in [0.1, 0.15) is 29.5 Å². The lowest BCUT2D eigenvalue weighted by atomic mass is 9.87. The minimum atomic E-state index is -4.97. The summed E-state index contributed by atoms with van der Waals surface area (Å²) < 4.78 is 43.0. The van der Waals surface area contributed by atoms with Crippen molar-refractivity contribution in [3.8, 4) is 11.5 Å². The van der Waals surface area contributed by atoms with Crippen molar-refractivity contribution in [2.24, 2.45) is 5.10 Å². The number of nitrogens with one attached hydrogen (secondary N) is 2. The van der Waals surface area contributed by atoms with Crippen molar-refractivity contribution in [2.45, 2.75) is 19.0 Å². The molecule has 0 unspecified atom stereocenters. The number of hydrogen-bond acceptors (Lipinski definition) is 4. The van der Waals surface area contributed by atoms with E-state index in [2.05, 4.69) is 10.5 Å². The first-order valence-electron chi connectivity index (χ1n) is 9.92. The second-order valence-corrected chi connectivity index (χ2v) is 7.31. The molecule has 33 heavy (non-hydrogen) atoms. The van der Waals surface area contributed by atoms with Crippen molar-refractivity contribution < 1.29 is 27.5 Å². The van der Waals surface area contributed by atoms with Crippen molar-refractivity contribution in [2.75, 3.05) is 5.32 Å². The molecule has 0 aromatic heterocycles. The predicted molar refractivity (Wildman–Crippen MR) is 116 cm³/mol. The summed E-state index contributed by atoms with van der Waals surface area (Å²) in [5, 5.41) is 5.93. The molecule has 4 rings (SSSR count). The molecule has 0 bridgehead atoms. The summed E-state index contributed by atoms with van der Waals surface area (Å²) in [5.74, 6) is -1.85. The first-order valence-corrected chi connectivity index (χ1v) is 9.92. The highest BCUT2D eigenvalue weighted by Gasteiger charge is 2.38. The topological polar surface area (TPSA) is 79.8 Å². The number of benzene rings is 3. The van der Waals surface area contributed by atoms with Gasteiger partial charge in [-0.15, -0.1) is 0 Å². The van der Waals surface area contributed by atoms with E-state index in [0.29, 0.717) is 33.9 Å². The van der Waals surface area contributed by atoms with Gasteiger partial charge in [0, 0.05) is 16.8 Å². The second kappa shape index (κ2) is 8.78. The normalized spacial score (nSPS) is 13.4. The summed E-state index contributed by atoms with van der Waals surface area (Å²) in [5.41, 5.74) is 5.00. The average Bonchev–Trinajstić information content (AvgIpc) is 2.80. The van der Waals surface area contributed by atoms with E-state index in [1.54, 1.807) is 24.4 Å². The van der Waals surface area contributed by atoms with Crippen LogP contribution in [0.5, 0.6) is 11.5 Å². The molecule has 168 valence electrons. The van der Waals surface area contributed by atoms with Gasteiger partial charge in [-0.25, -0.2) is 5.43 Å². The Morgan fingerprint density at radius 1 is 0.879 bits per heavy atom. The molecule has 2 amide bonds. The molecule has 0 spiro atoms. The third-order valence-electron chi connectivity index (χ3n) is 5.09. The van der Waals surface area contributed by atoms with Gasteiger partial charge in [0.15, 0.2) is 0 Å². The first-order chi connectivity index (χ1) is 15.7. The molecule has 2 N–H and O–H groups in total. The molecule has 1 aliphatic rings. The van der Waals surface area contributed by atoms with Crippen molar-refractivity contribution >= 4 is 23.2 Å². The zero-order chi connectivity index (χ0) is 23.6. The summed E-state index contributed by atoms with van der Waals surface area (Å²) in [6.07, 6.45) is -4.97. The summed E-state index contributed by atoms with van der Waals surface area (Å²) in [4.78, 5) is 24.1. The van der Waals surface area contributed by atoms with Crippen LogP contribution in [0.2, 0.25) is 0 Å². The Balaban J connectivity index is 1.51. The number of rotatable bonds is 4. The Morgan fingerprint density at radius 2 is 1.42 bits per heavy atom. The average molecular weight is 453 g/mol. The monoisotopic (exact) mass is 453 g/mol. The predicted octanol–water partition coefficient (Wildman–Crippen LogP) is 4.97. The molecular formula is C24H18F3N3O3. The van der Waals surface area contributed by atoms with Crippen LogP contribution in [0.15, 0.2) is 77.9 Å². The van der Waals surface area contributed by atoms with Crippen LogP contribution in [0.4, 0.5) is 18.9 Å². The molecule has 0 fully saturated rings. The van der Waals surface area contributed by atoms with Gasteiger partial charge in [0.05, 0.1) is 11.6 Å². The van der Waals surface area contributed by atoms with Gasteiger partial charge in [0.2, 0.25) is 0 Å². The quantitative estimate of drug-likeness (QED) is 0.433. The number of ether oxygens (including phenoxy) is 1. The van der Waals surface area contributed by atoms with Crippen molar-refractivity contribution in [3.05, 3.63) is 89.5 Å². The maximum atomic E-state index is 13.1. The molecule has 0 saturated carbocycles. The molecule has 1 heterocycles. The van der Waals surface area contributed by atoms with Crippen LogP contribution < -0.4 is 15.5 Å². The van der Waals surface area contributed by atoms with Gasteiger partial charge < -0.3 is 10.1 Å². The number of hydrogen-bond donors (Lipinski definition) is 2. The number of nitrogens with zero attached hydrogens (tertiary/aromatic N) is 1. The van der Waals surface area contributed by atoms with E-state index in [0.717, 1.165) is 0 Å². The zero-order valence-corrected chi connectivity index (χ0v) is 17.3. The van der Waals surface area contributed by atoms with E-state index in [-0.39, 0.29) is 11.6 Å². The van der Waals surface area contributed by atoms with E-state index < -0.39 is 18.0 Å². The zero-order valence-electron chi connectivity index (χ0n) is 17.3. The fourth-order valence-electron chi connectivity index (χ4n) is 3.46. The van der Waals surface area contributed by atoms with Gasteiger partial charge in [-0.3, -0.25) is 9.59 Å². The molecule has 1 aliphatic heterocycles. The molecule has 9 heteroatoms. The maximum Gasteiger partial charge on any atom is 0.471 e. The Bertz CT molecular complexity index is 1190. The van der Waals surface area contributed by atoms with Crippen LogP contribution >= 0.6 is 0 Å². The van der Waals surface area contributed by atoms with Crippen LogP contribution in [0.3, 0.4) is 0 Å². The van der Waals surface area contributed by atoms with Crippen LogP contribution in [-0.4, -0.2) is 23.7 Å². The highest BCUT2D eigenvalue weighted by atomic mass is 19.4. The number of anilines is 1. The largest absolute Gasteiger partial charge is 0.471 e. The molecule has 0 atom stereocenters. The molecule has 3 aromatic carbocycles. The molecular weight excluding hydrogens is 435 g/mol. The molecule has 6 nitrogen and oxygen atoms in total. The summed E-state index contributed by atoms with van der Waals surface area (Å²) >= 11 is 0. The van der Waals surface area contributed by atoms with Gasteiger partial charge in [0.1, 0.15) is 11.5 Å². The smallest absolute Gasteiger partial charge is 0.457 e. The third kappa shape index (κ3) is 4.72. The lowest BCUT2D eigenvalue weighted by molar-refractivity contribution is -0.167. The third-order valence-corrected chi connectivity index (χ3v) is 5.09. The van der Waals surface area contributed by atoms with E-state index in [1.165, 1.54) is 24.3 Å². The minimum absolute atomic E-state index is 0.00618. The maximum absolute atomic E-state index is 13.1. The van der Waals surface area contributed by atoms with Crippen molar-refractivity contribution in [3.63, 3.8) is 0 Å². The Morgan fingerprint density at radius 3 is 1.97 bits per heavy atom. The van der Waals surface area contributed by atoms with Gasteiger partial charge in [0.25, 0.3) is 5.91 Å². The Labute approximate surface area is 187 Å². The molecule has 0 aliphatic carbocycles. The van der Waals surface area contributed by atoms with Crippen LogP contribution in [0, 0.1) is 0 Å². The van der Waals surface area contributed by atoms with Crippen molar-refractivity contribution in [1.29, 1.82) is 0 Å². The molecule has 0 saturated heterocycles. The number of fused-ring (bicyclic) bond motifs is 2. The van der Waals surface area contributed by atoms with Gasteiger partial charge >= 0.3 is 12.1 Å². The summed E-state index contributed by atoms with van der Waals surface area (Å²) in [6, 6.07) is 20.2. The lowest BCUT2D eigenvalue weighted by Gasteiger charge is -2.26. The SMILES string of the molecule is CC(=NNC(=O)C1c2ccccc2Oc2ccccc21)c1ccc(NC(=O)C(F)(F)F)cc1. The number of halogens is 3. The Hall–Kier alpha value is -4.14. The summed E-state index contributed by atoms with van der Waals surface area (Å²) in [7, 11) is 0. The fraction of sp³-hybridized carbons (Fsp3) is 0.125. The number of carbonyl (C=O) groups excluding carboxylic acids is 2. The summed E-state index contributed by atoms with van der Waals surface area (Å²) in [6.45, 7) is 1.65. The lowest BCUT2D eigenvalue weighted by Crippen LogP contribution is -2.30.